The zero-order valence-corrected chi connectivity index (χ0v) is 24.2. The Labute approximate surface area is 245 Å². The number of benzene rings is 3. The maximum Gasteiger partial charge on any atom is 0.416 e. The standard InChI is InChI=1S/C35H38F3N3O/c1-2-40-20-4-5-25(22-40)23-41-33(19-10-24-8-16-30(17-9-24)35(36,37)38)39-32-18-15-29(21-31(32)34(41)42)28-13-11-27(12-14-28)26-6-3-7-26/h8-9,11-18,21,25-26H,2-7,10,19-20,22-23H2,1H3/p+1. The first-order valence-corrected chi connectivity index (χ1v) is 15.4. The number of nitrogens with one attached hydrogen (secondary N) is 1. The number of alkyl halides is 3. The lowest BCUT2D eigenvalue weighted by Crippen LogP contribution is -3.13. The van der Waals surface area contributed by atoms with Gasteiger partial charge in [0.2, 0.25) is 0 Å². The van der Waals surface area contributed by atoms with E-state index in [0.717, 1.165) is 54.8 Å². The van der Waals surface area contributed by atoms with Crippen molar-refractivity contribution >= 4 is 10.9 Å². The van der Waals surface area contributed by atoms with E-state index in [9.17, 15) is 18.0 Å². The monoisotopic (exact) mass is 574 g/mol. The molecule has 0 spiro atoms. The maximum absolute atomic E-state index is 14.1. The predicted molar refractivity (Wildman–Crippen MR) is 161 cm³/mol. The third-order valence-corrected chi connectivity index (χ3v) is 9.43. The molecule has 42 heavy (non-hydrogen) atoms. The van der Waals surface area contributed by atoms with E-state index in [1.807, 2.05) is 22.8 Å². The van der Waals surface area contributed by atoms with Gasteiger partial charge in [-0.2, -0.15) is 13.2 Å². The molecule has 2 heterocycles. The first-order valence-electron chi connectivity index (χ1n) is 15.4. The number of halogens is 3. The summed E-state index contributed by atoms with van der Waals surface area (Å²) in [5.41, 5.74) is 4.27. The van der Waals surface area contributed by atoms with Gasteiger partial charge in [0, 0.05) is 18.9 Å². The minimum absolute atomic E-state index is 0.0287. The molecule has 2 atom stereocenters. The van der Waals surface area contributed by atoms with Gasteiger partial charge in [-0.25, -0.2) is 4.98 Å². The Bertz CT molecular complexity index is 1590. The number of nitrogens with zero attached hydrogens (tertiary/aromatic N) is 2. The highest BCUT2D eigenvalue weighted by Gasteiger charge is 2.30. The van der Waals surface area contributed by atoms with Gasteiger partial charge in [-0.05, 0) is 91.5 Å². The molecule has 0 amide bonds. The molecule has 6 rings (SSSR count). The number of likely N-dealkylation sites (tertiary alicyclic amines) is 1. The third kappa shape index (κ3) is 6.17. The molecule has 4 aromatic rings. The molecule has 4 nitrogen and oxygen atoms in total. The van der Waals surface area contributed by atoms with Crippen molar-refractivity contribution in [3.63, 3.8) is 0 Å². The van der Waals surface area contributed by atoms with Crippen molar-refractivity contribution in [3.05, 3.63) is 99.6 Å². The molecule has 1 aliphatic carbocycles. The van der Waals surface area contributed by atoms with Crippen molar-refractivity contribution in [3.8, 4) is 11.1 Å². The third-order valence-electron chi connectivity index (χ3n) is 9.43. The fourth-order valence-electron chi connectivity index (χ4n) is 6.62. The van der Waals surface area contributed by atoms with E-state index in [2.05, 4.69) is 31.2 Å². The summed E-state index contributed by atoms with van der Waals surface area (Å²) in [6.07, 6.45) is 2.70. The molecule has 220 valence electrons. The topological polar surface area (TPSA) is 39.3 Å². The second-order valence-corrected chi connectivity index (χ2v) is 12.2. The highest BCUT2D eigenvalue weighted by atomic mass is 19.4. The lowest BCUT2D eigenvalue weighted by atomic mass is 9.80. The van der Waals surface area contributed by atoms with E-state index < -0.39 is 11.7 Å². The Hall–Kier alpha value is -3.45. The van der Waals surface area contributed by atoms with E-state index in [0.29, 0.717) is 47.9 Å². The molecule has 1 saturated carbocycles. The molecule has 3 aromatic carbocycles. The van der Waals surface area contributed by atoms with Crippen molar-refractivity contribution in [2.24, 2.45) is 5.92 Å². The molecule has 0 radical (unpaired) electrons. The van der Waals surface area contributed by atoms with Crippen LogP contribution in [0.4, 0.5) is 13.2 Å². The van der Waals surface area contributed by atoms with Crippen LogP contribution in [-0.2, 0) is 25.6 Å². The second-order valence-electron chi connectivity index (χ2n) is 12.2. The van der Waals surface area contributed by atoms with E-state index in [-0.39, 0.29) is 5.56 Å². The van der Waals surface area contributed by atoms with Gasteiger partial charge < -0.3 is 4.90 Å². The van der Waals surface area contributed by atoms with Gasteiger partial charge in [0.25, 0.3) is 5.56 Å². The summed E-state index contributed by atoms with van der Waals surface area (Å²) in [5.74, 6) is 1.77. The van der Waals surface area contributed by atoms with Gasteiger partial charge in [-0.1, -0.05) is 48.9 Å². The summed E-state index contributed by atoms with van der Waals surface area (Å²) >= 11 is 0. The van der Waals surface area contributed by atoms with Crippen LogP contribution in [0.1, 0.15) is 67.5 Å². The first-order chi connectivity index (χ1) is 20.3. The highest BCUT2D eigenvalue weighted by Crippen LogP contribution is 2.37. The Morgan fingerprint density at radius 1 is 0.905 bits per heavy atom. The van der Waals surface area contributed by atoms with Crippen LogP contribution in [0.15, 0.2) is 71.5 Å². The summed E-state index contributed by atoms with van der Waals surface area (Å²) in [7, 11) is 0. The summed E-state index contributed by atoms with van der Waals surface area (Å²) in [6.45, 7) is 6.10. The summed E-state index contributed by atoms with van der Waals surface area (Å²) in [5, 5.41) is 0.615. The smallest absolute Gasteiger partial charge is 0.335 e. The Morgan fingerprint density at radius 2 is 1.64 bits per heavy atom. The molecule has 1 N–H and O–H groups in total. The van der Waals surface area contributed by atoms with Crippen LogP contribution in [0.2, 0.25) is 0 Å². The number of hydrogen-bond acceptors (Lipinski definition) is 2. The van der Waals surface area contributed by atoms with Crippen LogP contribution in [-0.4, -0.2) is 29.2 Å². The molecular formula is C35H39F3N3O+. The number of fused-ring (bicyclic) bond motifs is 1. The van der Waals surface area contributed by atoms with Crippen LogP contribution in [0, 0.1) is 5.92 Å². The van der Waals surface area contributed by atoms with Gasteiger partial charge in [-0.3, -0.25) is 9.36 Å². The second kappa shape index (κ2) is 12.0. The van der Waals surface area contributed by atoms with Crippen LogP contribution >= 0.6 is 0 Å². The van der Waals surface area contributed by atoms with Crippen LogP contribution < -0.4 is 10.5 Å². The van der Waals surface area contributed by atoms with Crippen LogP contribution in [0.25, 0.3) is 22.0 Å². The van der Waals surface area contributed by atoms with Crippen molar-refractivity contribution in [1.82, 2.24) is 9.55 Å². The van der Waals surface area contributed by atoms with E-state index in [1.165, 1.54) is 43.5 Å². The minimum atomic E-state index is -4.36. The summed E-state index contributed by atoms with van der Waals surface area (Å²) in [6, 6.07) is 20.0. The number of aryl methyl sites for hydroxylation is 2. The van der Waals surface area contributed by atoms with Crippen molar-refractivity contribution < 1.29 is 18.1 Å². The fraction of sp³-hybridized carbons (Fsp3) is 0.429. The van der Waals surface area contributed by atoms with E-state index in [4.69, 9.17) is 4.98 Å². The molecule has 7 heteroatoms. The van der Waals surface area contributed by atoms with Gasteiger partial charge >= 0.3 is 6.18 Å². The van der Waals surface area contributed by atoms with Gasteiger partial charge in [-0.15, -0.1) is 0 Å². The molecule has 1 aliphatic heterocycles. The average molecular weight is 575 g/mol. The normalized spacial score (nSPS) is 19.6. The summed E-state index contributed by atoms with van der Waals surface area (Å²) in [4.78, 5) is 20.6. The number of hydrogen-bond donors (Lipinski definition) is 1. The lowest BCUT2D eigenvalue weighted by Gasteiger charge is -2.30. The zero-order chi connectivity index (χ0) is 29.3. The molecule has 0 bridgehead atoms. The lowest BCUT2D eigenvalue weighted by molar-refractivity contribution is -0.907. The SMILES string of the molecule is CC[NH+]1CCCC(Cn2c(CCc3ccc(C(F)(F)F)cc3)nc3ccc(-c4ccc(C5CCC5)cc4)cc3c2=O)C1. The van der Waals surface area contributed by atoms with Crippen molar-refractivity contribution in [2.75, 3.05) is 19.6 Å². The van der Waals surface area contributed by atoms with E-state index >= 15 is 0 Å². The highest BCUT2D eigenvalue weighted by molar-refractivity contribution is 5.84. The number of rotatable bonds is 8. The molecule has 1 aromatic heterocycles. The van der Waals surface area contributed by atoms with Gasteiger partial charge in [0.15, 0.2) is 0 Å². The van der Waals surface area contributed by atoms with Crippen molar-refractivity contribution in [1.29, 1.82) is 0 Å². The number of piperidine rings is 1. The van der Waals surface area contributed by atoms with Crippen LogP contribution in [0.3, 0.4) is 0 Å². The molecule has 2 fully saturated rings. The summed E-state index contributed by atoms with van der Waals surface area (Å²) < 4.78 is 41.0. The molecular weight excluding hydrogens is 535 g/mol. The first kappa shape index (κ1) is 28.7. The molecule has 1 saturated heterocycles. The zero-order valence-electron chi connectivity index (χ0n) is 24.2. The number of quaternary nitrogens is 1. The Morgan fingerprint density at radius 3 is 2.31 bits per heavy atom. The molecule has 2 unspecified atom stereocenters. The van der Waals surface area contributed by atoms with E-state index in [1.54, 1.807) is 4.90 Å². The largest absolute Gasteiger partial charge is 0.416 e. The quantitative estimate of drug-likeness (QED) is 0.263. The van der Waals surface area contributed by atoms with Crippen molar-refractivity contribution in [2.45, 2.75) is 70.5 Å². The van der Waals surface area contributed by atoms with Gasteiger partial charge in [0.1, 0.15) is 5.82 Å². The van der Waals surface area contributed by atoms with Crippen LogP contribution in [0.5, 0.6) is 0 Å². The maximum atomic E-state index is 14.1. The molecule has 2 aliphatic rings. The fourth-order valence-corrected chi connectivity index (χ4v) is 6.62. The van der Waals surface area contributed by atoms with Gasteiger partial charge in [0.05, 0.1) is 36.1 Å². The Balaban J connectivity index is 1.32. The predicted octanol–water partition coefficient (Wildman–Crippen LogP) is 6.45. The minimum Gasteiger partial charge on any atom is -0.335 e. The Kier molecular flexibility index (Phi) is 8.22. The number of aromatic nitrogens is 2. The average Bonchev–Trinajstić information content (AvgIpc) is 2.97.